The molecule has 3 aromatic heterocycles. The number of nitrogens with two attached hydrogens (primary N) is 1. The van der Waals surface area contributed by atoms with Gasteiger partial charge in [0.2, 0.25) is 0 Å². The van der Waals surface area contributed by atoms with Crippen LogP contribution in [0, 0.1) is 0 Å². The van der Waals surface area contributed by atoms with E-state index in [1.54, 1.807) is 6.20 Å². The molecule has 0 radical (unpaired) electrons. The quantitative estimate of drug-likeness (QED) is 0.120. The number of hydrogen-bond donors (Lipinski definition) is 1. The second-order valence-corrected chi connectivity index (χ2v) is 11.0. The van der Waals surface area contributed by atoms with E-state index in [9.17, 15) is 4.79 Å². The van der Waals surface area contributed by atoms with Crippen LogP contribution >= 0.6 is 0 Å². The first-order chi connectivity index (χ1) is 22.3. The molecule has 2 aromatic carbocycles. The van der Waals surface area contributed by atoms with Gasteiger partial charge in [0.1, 0.15) is 11.3 Å². The molecule has 2 N–H and O–H groups in total. The van der Waals surface area contributed by atoms with Crippen LogP contribution in [-0.4, -0.2) is 68.1 Å². The summed E-state index contributed by atoms with van der Waals surface area (Å²) < 4.78 is 6.88. The van der Waals surface area contributed by atoms with Gasteiger partial charge in [0, 0.05) is 55.4 Å². The molecule has 6 rings (SSSR count). The van der Waals surface area contributed by atoms with Gasteiger partial charge in [-0.1, -0.05) is 69.5 Å². The molecule has 0 amide bonds. The van der Waals surface area contributed by atoms with Gasteiger partial charge >= 0.3 is 5.97 Å². The number of ether oxygens (including phenoxy) is 1. The average molecular weight is 616 g/mol. The summed E-state index contributed by atoms with van der Waals surface area (Å²) in [5.74, 6) is 0.654. The predicted molar refractivity (Wildman–Crippen MR) is 185 cm³/mol. The zero-order chi connectivity index (χ0) is 32.8. The van der Waals surface area contributed by atoms with Gasteiger partial charge in [-0.3, -0.25) is 9.47 Å². The fourth-order valence-electron chi connectivity index (χ4n) is 5.76. The van der Waals surface area contributed by atoms with Crippen LogP contribution in [0.5, 0.6) is 0 Å². The Balaban J connectivity index is 0.00000204. The van der Waals surface area contributed by atoms with Gasteiger partial charge in [0.25, 0.3) is 0 Å². The highest BCUT2D eigenvalue weighted by Gasteiger charge is 2.27. The molecule has 1 fully saturated rings. The number of carbonyl (C=O) groups is 1. The molecule has 9 heteroatoms. The van der Waals surface area contributed by atoms with Gasteiger partial charge in [0.05, 0.1) is 23.9 Å². The molecule has 1 unspecified atom stereocenters. The Labute approximate surface area is 270 Å². The van der Waals surface area contributed by atoms with E-state index in [2.05, 4.69) is 75.8 Å². The molecule has 236 valence electrons. The molecule has 0 aliphatic carbocycles. The van der Waals surface area contributed by atoms with Gasteiger partial charge in [-0.2, -0.15) is 0 Å². The molecule has 1 aliphatic heterocycles. The maximum atomic E-state index is 12.0. The third-order valence-electron chi connectivity index (χ3n) is 8.09. The summed E-state index contributed by atoms with van der Waals surface area (Å²) in [6.07, 6.45) is 1.68. The summed E-state index contributed by atoms with van der Waals surface area (Å²) in [6.45, 7) is 17.3. The number of piperazine rings is 1. The number of imidazole rings is 1. The van der Waals surface area contributed by atoms with E-state index in [4.69, 9.17) is 20.4 Å². The first-order valence-corrected chi connectivity index (χ1v) is 15.5. The standard InChI is InChI=1S/C35H35N7O2.C2H6/c1-23-21-40(19-20-41(23)25(3)24(2)35(43)44-4)22-26-12-14-28(15-13-26)42-33(29-11-8-18-37-32(29)36)39-31-17-16-30(38-34(31)42)27-9-6-5-7-10-27;1-2/h5-18,23H,2-3,19-22H2,1,4H3,(H2,36,37);1-2H3. The van der Waals surface area contributed by atoms with Crippen LogP contribution in [0.3, 0.4) is 0 Å². The van der Waals surface area contributed by atoms with Crippen molar-refractivity contribution in [3.05, 3.63) is 115 Å². The number of fused-ring (bicyclic) bond motifs is 1. The van der Waals surface area contributed by atoms with Crippen LogP contribution < -0.4 is 5.73 Å². The summed E-state index contributed by atoms with van der Waals surface area (Å²) >= 11 is 0. The summed E-state index contributed by atoms with van der Waals surface area (Å²) in [5, 5.41) is 0. The molecule has 0 bridgehead atoms. The number of nitrogens with zero attached hydrogens (tertiary/aromatic N) is 6. The molecule has 46 heavy (non-hydrogen) atoms. The number of rotatable bonds is 8. The topological polar surface area (TPSA) is 102 Å². The van der Waals surface area contributed by atoms with Gasteiger partial charge in [-0.05, 0) is 48.9 Å². The lowest BCUT2D eigenvalue weighted by molar-refractivity contribution is -0.136. The van der Waals surface area contributed by atoms with E-state index in [-0.39, 0.29) is 6.04 Å². The van der Waals surface area contributed by atoms with Gasteiger partial charge < -0.3 is 15.4 Å². The van der Waals surface area contributed by atoms with Crippen molar-refractivity contribution in [3.63, 3.8) is 0 Å². The lowest BCUT2D eigenvalue weighted by atomic mass is 10.1. The Hall–Kier alpha value is -5.28. The fourth-order valence-corrected chi connectivity index (χ4v) is 5.76. The third-order valence-corrected chi connectivity index (χ3v) is 8.09. The molecule has 0 saturated carbocycles. The molecule has 5 aromatic rings. The van der Waals surface area contributed by atoms with Crippen LogP contribution in [-0.2, 0) is 16.1 Å². The summed E-state index contributed by atoms with van der Waals surface area (Å²) in [4.78, 5) is 30.8. The van der Waals surface area contributed by atoms with Crippen molar-refractivity contribution in [2.24, 2.45) is 0 Å². The molecule has 1 aliphatic rings. The minimum Gasteiger partial charge on any atom is -0.465 e. The van der Waals surface area contributed by atoms with E-state index in [0.29, 0.717) is 22.9 Å². The van der Waals surface area contributed by atoms with Gasteiger partial charge in [-0.15, -0.1) is 0 Å². The Morgan fingerprint density at radius 1 is 0.957 bits per heavy atom. The van der Waals surface area contributed by atoms with Crippen LogP contribution in [0.4, 0.5) is 5.82 Å². The Kier molecular flexibility index (Phi) is 9.93. The zero-order valence-electron chi connectivity index (χ0n) is 27.0. The average Bonchev–Trinajstić information content (AvgIpc) is 3.47. The van der Waals surface area contributed by atoms with Crippen molar-refractivity contribution in [2.75, 3.05) is 32.5 Å². The van der Waals surface area contributed by atoms with Crippen molar-refractivity contribution in [1.29, 1.82) is 0 Å². The number of pyridine rings is 2. The SMILES string of the molecule is C=C(C(=C)N1CCN(Cc2ccc(-n3c(-c4cccnc4N)nc4ccc(-c5ccccc5)nc43)cc2)CC1C)C(=O)OC.CC. The van der Waals surface area contributed by atoms with Crippen molar-refractivity contribution >= 4 is 23.0 Å². The van der Waals surface area contributed by atoms with Gasteiger partial charge in [-0.25, -0.2) is 19.7 Å². The largest absolute Gasteiger partial charge is 0.465 e. The molecular formula is C37H41N7O2. The van der Waals surface area contributed by atoms with Crippen molar-refractivity contribution < 1.29 is 9.53 Å². The van der Waals surface area contributed by atoms with E-state index in [1.807, 2.05) is 56.3 Å². The Morgan fingerprint density at radius 2 is 1.70 bits per heavy atom. The first kappa shape index (κ1) is 32.1. The van der Waals surface area contributed by atoms with Crippen LogP contribution in [0.2, 0.25) is 0 Å². The second kappa shape index (κ2) is 14.2. The molecule has 1 saturated heterocycles. The number of benzene rings is 2. The zero-order valence-corrected chi connectivity index (χ0v) is 27.0. The Morgan fingerprint density at radius 3 is 2.37 bits per heavy atom. The molecule has 4 heterocycles. The third kappa shape index (κ3) is 6.55. The number of carbonyl (C=O) groups excluding carboxylic acids is 1. The van der Waals surface area contributed by atoms with E-state index in [1.165, 1.54) is 12.7 Å². The predicted octanol–water partition coefficient (Wildman–Crippen LogP) is 6.51. The van der Waals surface area contributed by atoms with Gasteiger partial charge in [0.15, 0.2) is 11.5 Å². The number of esters is 1. The highest BCUT2D eigenvalue weighted by molar-refractivity contribution is 5.92. The van der Waals surface area contributed by atoms with Crippen molar-refractivity contribution in [1.82, 2.24) is 29.3 Å². The maximum Gasteiger partial charge on any atom is 0.339 e. The molecule has 9 nitrogen and oxygen atoms in total. The normalized spacial score (nSPS) is 14.8. The van der Waals surface area contributed by atoms with Crippen LogP contribution in [0.1, 0.15) is 26.3 Å². The first-order valence-electron chi connectivity index (χ1n) is 15.5. The van der Waals surface area contributed by atoms with E-state index in [0.717, 1.165) is 59.9 Å². The monoisotopic (exact) mass is 615 g/mol. The molecule has 1 atom stereocenters. The van der Waals surface area contributed by atoms with Crippen LogP contribution in [0.15, 0.2) is 109 Å². The molecular weight excluding hydrogens is 574 g/mol. The van der Waals surface area contributed by atoms with Crippen LogP contribution in [0.25, 0.3) is 39.5 Å². The lowest BCUT2D eigenvalue weighted by Crippen LogP contribution is -2.51. The van der Waals surface area contributed by atoms with E-state index >= 15 is 0 Å². The number of nitrogen functional groups attached to an aromatic ring is 1. The number of aromatic nitrogens is 4. The summed E-state index contributed by atoms with van der Waals surface area (Å²) in [7, 11) is 1.36. The maximum absolute atomic E-state index is 12.0. The number of methoxy groups -OCH3 is 1. The van der Waals surface area contributed by atoms with Crippen molar-refractivity contribution in [2.45, 2.75) is 33.4 Å². The second-order valence-electron chi connectivity index (χ2n) is 11.0. The minimum atomic E-state index is -0.448. The minimum absolute atomic E-state index is 0.173. The fraction of sp³-hybridized carbons (Fsp3) is 0.243. The Bertz CT molecular complexity index is 1850. The molecule has 0 spiro atoms. The number of anilines is 1. The summed E-state index contributed by atoms with van der Waals surface area (Å²) in [5.41, 5.74) is 13.5. The smallest absolute Gasteiger partial charge is 0.339 e. The van der Waals surface area contributed by atoms with E-state index < -0.39 is 5.97 Å². The van der Waals surface area contributed by atoms with Crippen molar-refractivity contribution in [3.8, 4) is 28.3 Å². The highest BCUT2D eigenvalue weighted by atomic mass is 16.5. The lowest BCUT2D eigenvalue weighted by Gasteiger charge is -2.42. The highest BCUT2D eigenvalue weighted by Crippen LogP contribution is 2.32. The summed E-state index contributed by atoms with van der Waals surface area (Å²) in [6, 6.07) is 26.6. The number of hydrogen-bond acceptors (Lipinski definition) is 8.